The molecule has 0 spiro atoms. The van der Waals surface area contributed by atoms with Gasteiger partial charge < -0.3 is 14.9 Å². The number of hydrogen-bond acceptors (Lipinski definition) is 6. The lowest BCUT2D eigenvalue weighted by molar-refractivity contribution is -0.148. The highest BCUT2D eigenvalue weighted by molar-refractivity contribution is 7.99. The van der Waals surface area contributed by atoms with Crippen LogP contribution in [0.3, 0.4) is 0 Å². The van der Waals surface area contributed by atoms with Gasteiger partial charge in [0.05, 0.1) is 5.88 Å². The van der Waals surface area contributed by atoms with Crippen molar-refractivity contribution in [2.24, 2.45) is 0 Å². The summed E-state index contributed by atoms with van der Waals surface area (Å²) in [5.74, 6) is 0.365. The van der Waals surface area contributed by atoms with Crippen LogP contribution in [0.4, 0.5) is 5.95 Å². The highest BCUT2D eigenvalue weighted by Crippen LogP contribution is 2.28. The first kappa shape index (κ1) is 14.1. The number of carboxylic acid groups (broad SMARTS) is 1. The second-order valence-corrected chi connectivity index (χ2v) is 6.06. The molecule has 2 aliphatic rings. The van der Waals surface area contributed by atoms with Crippen LogP contribution in [0.1, 0.15) is 12.8 Å². The number of carbonyl (C=O) groups is 2. The van der Waals surface area contributed by atoms with Gasteiger partial charge in [-0.15, -0.1) is 11.8 Å². The third-order valence-corrected chi connectivity index (χ3v) is 4.81. The maximum absolute atomic E-state index is 12.7. The first-order valence-electron chi connectivity index (χ1n) is 6.83. The number of hydrogen-bond donors (Lipinski definition) is 1. The molecule has 112 valence electrons. The summed E-state index contributed by atoms with van der Waals surface area (Å²) in [5.41, 5.74) is 0. The van der Waals surface area contributed by atoms with Crippen LogP contribution in [0.5, 0.6) is 0 Å². The molecule has 1 amide bonds. The minimum Gasteiger partial charge on any atom is -0.480 e. The molecule has 2 fully saturated rings. The molecule has 0 aromatic carbocycles. The van der Waals surface area contributed by atoms with Gasteiger partial charge in [-0.2, -0.15) is 0 Å². The molecule has 1 aromatic rings. The van der Waals surface area contributed by atoms with Gasteiger partial charge in [0.15, 0.2) is 0 Å². The zero-order valence-corrected chi connectivity index (χ0v) is 12.2. The maximum atomic E-state index is 12.7. The molecule has 2 saturated heterocycles. The molecule has 1 N–H and O–H groups in total. The van der Waals surface area contributed by atoms with E-state index >= 15 is 0 Å². The molecule has 7 nitrogen and oxygen atoms in total. The summed E-state index contributed by atoms with van der Waals surface area (Å²) in [6.45, 7) is 0.721. The Bertz CT molecular complexity index is 541. The Balaban J connectivity index is 1.79. The van der Waals surface area contributed by atoms with Crippen molar-refractivity contribution in [3.05, 3.63) is 18.5 Å². The molecule has 3 heterocycles. The summed E-state index contributed by atoms with van der Waals surface area (Å²) >= 11 is 1.48. The van der Waals surface area contributed by atoms with Crippen molar-refractivity contribution in [3.8, 4) is 0 Å². The zero-order valence-electron chi connectivity index (χ0n) is 11.4. The van der Waals surface area contributed by atoms with Crippen LogP contribution < -0.4 is 4.90 Å². The highest BCUT2D eigenvalue weighted by Gasteiger charge is 2.41. The van der Waals surface area contributed by atoms with Crippen LogP contribution in [0.15, 0.2) is 18.5 Å². The molecule has 0 radical (unpaired) electrons. The quantitative estimate of drug-likeness (QED) is 0.866. The first-order valence-corrected chi connectivity index (χ1v) is 7.98. The average molecular weight is 308 g/mol. The van der Waals surface area contributed by atoms with Crippen LogP contribution in [0.2, 0.25) is 0 Å². The first-order chi connectivity index (χ1) is 10.2. The van der Waals surface area contributed by atoms with Gasteiger partial charge >= 0.3 is 5.97 Å². The van der Waals surface area contributed by atoms with E-state index in [-0.39, 0.29) is 11.9 Å². The van der Waals surface area contributed by atoms with Crippen LogP contribution in [0.25, 0.3) is 0 Å². The SMILES string of the molecule is O=C(O)C1CSCN1C(=O)C1CCCN1c1ncccn1. The van der Waals surface area contributed by atoms with Crippen molar-refractivity contribution in [2.45, 2.75) is 24.9 Å². The van der Waals surface area contributed by atoms with Gasteiger partial charge in [0.2, 0.25) is 11.9 Å². The number of aromatic nitrogens is 2. The lowest BCUT2D eigenvalue weighted by atomic mass is 10.1. The molecule has 2 aliphatic heterocycles. The number of aliphatic carboxylic acids is 1. The number of anilines is 1. The summed E-state index contributed by atoms with van der Waals surface area (Å²) in [6, 6.07) is 0.656. The molecule has 1 aromatic heterocycles. The van der Waals surface area contributed by atoms with Crippen molar-refractivity contribution in [2.75, 3.05) is 23.1 Å². The van der Waals surface area contributed by atoms with E-state index < -0.39 is 12.0 Å². The molecular weight excluding hydrogens is 292 g/mol. The van der Waals surface area contributed by atoms with Gasteiger partial charge in [0.25, 0.3) is 0 Å². The molecular formula is C13H16N4O3S. The topological polar surface area (TPSA) is 86.6 Å². The number of amides is 1. The Kier molecular flexibility index (Phi) is 3.96. The van der Waals surface area contributed by atoms with Gasteiger partial charge in [-0.1, -0.05) is 0 Å². The third-order valence-electron chi connectivity index (χ3n) is 3.80. The largest absolute Gasteiger partial charge is 0.480 e. The van der Waals surface area contributed by atoms with Crippen LogP contribution >= 0.6 is 11.8 Å². The predicted molar refractivity (Wildman–Crippen MR) is 78.0 cm³/mol. The normalized spacial score (nSPS) is 25.3. The third kappa shape index (κ3) is 2.67. The summed E-state index contributed by atoms with van der Waals surface area (Å²) in [6.07, 6.45) is 4.89. The standard InChI is InChI=1S/C13H16N4O3S/c18-11(17-8-21-7-10(17)12(19)20)9-3-1-6-16(9)13-14-4-2-5-15-13/h2,4-5,9-10H,1,3,6-8H2,(H,19,20). The van der Waals surface area contributed by atoms with Gasteiger partial charge in [-0.25, -0.2) is 14.8 Å². The fourth-order valence-electron chi connectivity index (χ4n) is 2.76. The number of carbonyl (C=O) groups excluding carboxylic acids is 1. The van der Waals surface area contributed by atoms with E-state index in [9.17, 15) is 14.7 Å². The van der Waals surface area contributed by atoms with Crippen molar-refractivity contribution in [3.63, 3.8) is 0 Å². The molecule has 0 bridgehead atoms. The smallest absolute Gasteiger partial charge is 0.327 e. The molecule has 3 rings (SSSR count). The number of rotatable bonds is 3. The summed E-state index contributed by atoms with van der Waals surface area (Å²) in [5, 5.41) is 9.21. The van der Waals surface area contributed by atoms with Crippen molar-refractivity contribution >= 4 is 29.6 Å². The Morgan fingerprint density at radius 2 is 2.05 bits per heavy atom. The van der Waals surface area contributed by atoms with Gasteiger partial charge in [0, 0.05) is 24.7 Å². The van der Waals surface area contributed by atoms with E-state index in [0.717, 1.165) is 13.0 Å². The number of nitrogens with zero attached hydrogens (tertiary/aromatic N) is 4. The molecule has 8 heteroatoms. The van der Waals surface area contributed by atoms with Crippen molar-refractivity contribution in [1.29, 1.82) is 0 Å². The second-order valence-electron chi connectivity index (χ2n) is 5.06. The number of thioether (sulfide) groups is 1. The van der Waals surface area contributed by atoms with E-state index in [1.54, 1.807) is 18.5 Å². The zero-order chi connectivity index (χ0) is 14.8. The number of carboxylic acids is 1. The van der Waals surface area contributed by atoms with Crippen molar-refractivity contribution < 1.29 is 14.7 Å². The average Bonchev–Trinajstić information content (AvgIpc) is 3.16. The monoisotopic (exact) mass is 308 g/mol. The van der Waals surface area contributed by atoms with Crippen molar-refractivity contribution in [1.82, 2.24) is 14.9 Å². The maximum Gasteiger partial charge on any atom is 0.327 e. The van der Waals surface area contributed by atoms with Crippen LogP contribution in [-0.2, 0) is 9.59 Å². The molecule has 2 atom stereocenters. The van der Waals surface area contributed by atoms with Crippen LogP contribution in [0, 0.1) is 0 Å². The van der Waals surface area contributed by atoms with E-state index in [1.807, 2.05) is 4.90 Å². The van der Waals surface area contributed by atoms with Crippen LogP contribution in [-0.4, -0.2) is 62.1 Å². The van der Waals surface area contributed by atoms with E-state index in [4.69, 9.17) is 0 Å². The van der Waals surface area contributed by atoms with E-state index in [0.29, 0.717) is 24.0 Å². The lowest BCUT2D eigenvalue weighted by Gasteiger charge is -2.29. The second kappa shape index (κ2) is 5.88. The highest BCUT2D eigenvalue weighted by atomic mass is 32.2. The minimum absolute atomic E-state index is 0.127. The molecule has 2 unspecified atom stereocenters. The lowest BCUT2D eigenvalue weighted by Crippen LogP contribution is -2.50. The van der Waals surface area contributed by atoms with Gasteiger partial charge in [-0.3, -0.25) is 4.79 Å². The fraction of sp³-hybridized carbons (Fsp3) is 0.538. The van der Waals surface area contributed by atoms with E-state index in [2.05, 4.69) is 9.97 Å². The Morgan fingerprint density at radius 3 is 2.76 bits per heavy atom. The Labute approximate surface area is 126 Å². The predicted octanol–water partition coefficient (Wildman–Crippen LogP) is 0.431. The summed E-state index contributed by atoms with van der Waals surface area (Å²) in [7, 11) is 0. The Morgan fingerprint density at radius 1 is 1.29 bits per heavy atom. The molecule has 0 saturated carbocycles. The van der Waals surface area contributed by atoms with E-state index in [1.165, 1.54) is 16.7 Å². The Hall–Kier alpha value is -1.83. The molecule has 21 heavy (non-hydrogen) atoms. The summed E-state index contributed by atoms with van der Waals surface area (Å²) < 4.78 is 0. The summed E-state index contributed by atoms with van der Waals surface area (Å²) in [4.78, 5) is 35.7. The molecule has 0 aliphatic carbocycles. The van der Waals surface area contributed by atoms with Gasteiger partial charge in [0.1, 0.15) is 12.1 Å². The van der Waals surface area contributed by atoms with Gasteiger partial charge in [-0.05, 0) is 18.9 Å². The fourth-order valence-corrected chi connectivity index (χ4v) is 3.91. The minimum atomic E-state index is -0.936.